The Hall–Kier alpha value is -1.35. The van der Waals surface area contributed by atoms with E-state index in [0.717, 1.165) is 16.0 Å². The monoisotopic (exact) mass is 406 g/mol. The van der Waals surface area contributed by atoms with E-state index in [4.69, 9.17) is 23.2 Å². The molecule has 1 aromatic carbocycles. The predicted molar refractivity (Wildman–Crippen MR) is 94.2 cm³/mol. The van der Waals surface area contributed by atoms with Crippen LogP contribution in [0.4, 0.5) is 0 Å². The van der Waals surface area contributed by atoms with Crippen LogP contribution in [0.1, 0.15) is 16.1 Å². The average Bonchev–Trinajstić information content (AvgIpc) is 3.04. The SMILES string of the molecule is O=C(NNC(=O)[C@@H]1CCS(=O)(=O)C1)c1sc2cc(Cl)ccc2c1Cl. The van der Waals surface area contributed by atoms with E-state index in [1.165, 1.54) is 0 Å². The van der Waals surface area contributed by atoms with Gasteiger partial charge in [0.05, 0.1) is 22.4 Å². The number of fused-ring (bicyclic) bond motifs is 1. The summed E-state index contributed by atoms with van der Waals surface area (Å²) in [7, 11) is -3.16. The quantitative estimate of drug-likeness (QED) is 0.748. The molecular formula is C14H12Cl2N2O4S2. The van der Waals surface area contributed by atoms with Crippen molar-refractivity contribution in [3.63, 3.8) is 0 Å². The molecule has 1 saturated heterocycles. The average molecular weight is 407 g/mol. The summed E-state index contributed by atoms with van der Waals surface area (Å²) in [4.78, 5) is 24.4. The molecule has 10 heteroatoms. The molecule has 24 heavy (non-hydrogen) atoms. The predicted octanol–water partition coefficient (Wildman–Crippen LogP) is 2.40. The molecule has 0 spiro atoms. The van der Waals surface area contributed by atoms with Crippen molar-refractivity contribution in [2.45, 2.75) is 6.42 Å². The van der Waals surface area contributed by atoms with Gasteiger partial charge in [0.15, 0.2) is 9.84 Å². The smallest absolute Gasteiger partial charge is 0.273 e. The van der Waals surface area contributed by atoms with Crippen molar-refractivity contribution in [1.82, 2.24) is 10.9 Å². The molecule has 0 bridgehead atoms. The highest BCUT2D eigenvalue weighted by Crippen LogP contribution is 2.36. The highest BCUT2D eigenvalue weighted by Gasteiger charge is 2.33. The van der Waals surface area contributed by atoms with Crippen LogP contribution >= 0.6 is 34.5 Å². The Labute approximate surface area is 152 Å². The lowest BCUT2D eigenvalue weighted by Gasteiger charge is -2.10. The summed E-state index contributed by atoms with van der Waals surface area (Å²) in [5.74, 6) is -1.94. The van der Waals surface area contributed by atoms with Crippen molar-refractivity contribution in [2.75, 3.05) is 11.5 Å². The van der Waals surface area contributed by atoms with Gasteiger partial charge in [0.1, 0.15) is 4.88 Å². The number of carbonyl (C=O) groups excluding carboxylic acids is 2. The van der Waals surface area contributed by atoms with Gasteiger partial charge in [0.2, 0.25) is 5.91 Å². The van der Waals surface area contributed by atoms with Gasteiger partial charge in [-0.3, -0.25) is 20.4 Å². The zero-order valence-electron chi connectivity index (χ0n) is 12.1. The third kappa shape index (κ3) is 3.51. The van der Waals surface area contributed by atoms with Crippen LogP contribution in [-0.4, -0.2) is 31.7 Å². The molecule has 2 heterocycles. The van der Waals surface area contributed by atoms with Crippen molar-refractivity contribution in [2.24, 2.45) is 5.92 Å². The fraction of sp³-hybridized carbons (Fsp3) is 0.286. The van der Waals surface area contributed by atoms with Crippen LogP contribution < -0.4 is 10.9 Å². The van der Waals surface area contributed by atoms with Crippen LogP contribution in [-0.2, 0) is 14.6 Å². The van der Waals surface area contributed by atoms with Crippen LogP contribution in [0.5, 0.6) is 0 Å². The Bertz CT molecular complexity index is 940. The Morgan fingerprint density at radius 3 is 2.62 bits per heavy atom. The molecule has 0 radical (unpaired) electrons. The number of halogens is 2. The number of hydrazine groups is 1. The Balaban J connectivity index is 1.69. The first-order valence-corrected chi connectivity index (χ1v) is 10.3. The Kier molecular flexibility index (Phi) is 4.74. The highest BCUT2D eigenvalue weighted by molar-refractivity contribution is 7.91. The fourth-order valence-electron chi connectivity index (χ4n) is 2.46. The second-order valence-electron chi connectivity index (χ2n) is 5.43. The van der Waals surface area contributed by atoms with Crippen LogP contribution in [0.25, 0.3) is 10.1 Å². The lowest BCUT2D eigenvalue weighted by Crippen LogP contribution is -2.44. The standard InChI is InChI=1S/C14H12Cl2N2O4S2/c15-8-1-2-9-10(5-8)23-12(11(9)16)14(20)18-17-13(19)7-3-4-24(21,22)6-7/h1-2,5,7H,3-4,6H2,(H,17,19)(H,18,20)/t7-/m1/s1. The first-order chi connectivity index (χ1) is 11.3. The van der Waals surface area contributed by atoms with Crippen molar-refractivity contribution in [3.8, 4) is 0 Å². The molecule has 128 valence electrons. The van der Waals surface area contributed by atoms with Crippen molar-refractivity contribution < 1.29 is 18.0 Å². The van der Waals surface area contributed by atoms with Gasteiger partial charge in [-0.1, -0.05) is 29.3 Å². The van der Waals surface area contributed by atoms with E-state index >= 15 is 0 Å². The van der Waals surface area contributed by atoms with Gasteiger partial charge in [-0.2, -0.15) is 0 Å². The number of sulfone groups is 1. The van der Waals surface area contributed by atoms with Gasteiger partial charge in [-0.05, 0) is 18.6 Å². The Morgan fingerprint density at radius 2 is 1.96 bits per heavy atom. The molecule has 3 rings (SSSR count). The molecule has 1 atom stereocenters. The minimum absolute atomic E-state index is 0.0120. The molecule has 1 fully saturated rings. The fourth-order valence-corrected chi connectivity index (χ4v) is 5.89. The van der Waals surface area contributed by atoms with E-state index < -0.39 is 27.6 Å². The molecule has 2 aromatic rings. The second kappa shape index (κ2) is 6.51. The van der Waals surface area contributed by atoms with Crippen LogP contribution in [0.3, 0.4) is 0 Å². The van der Waals surface area contributed by atoms with Crippen LogP contribution in [0.15, 0.2) is 18.2 Å². The van der Waals surface area contributed by atoms with Gasteiger partial charge in [-0.15, -0.1) is 11.3 Å². The van der Waals surface area contributed by atoms with E-state index in [0.29, 0.717) is 10.4 Å². The van der Waals surface area contributed by atoms with Gasteiger partial charge in [0, 0.05) is 15.1 Å². The molecule has 0 saturated carbocycles. The van der Waals surface area contributed by atoms with E-state index in [1.807, 2.05) is 0 Å². The topological polar surface area (TPSA) is 92.3 Å². The largest absolute Gasteiger partial charge is 0.281 e. The zero-order chi connectivity index (χ0) is 17.5. The maximum atomic E-state index is 12.2. The number of hydrogen-bond acceptors (Lipinski definition) is 5. The molecule has 0 aliphatic carbocycles. The van der Waals surface area contributed by atoms with E-state index in [1.54, 1.807) is 18.2 Å². The van der Waals surface area contributed by atoms with Gasteiger partial charge in [-0.25, -0.2) is 8.42 Å². The number of thiophene rings is 1. The first kappa shape index (κ1) is 17.5. The second-order valence-corrected chi connectivity index (χ2v) is 9.52. The van der Waals surface area contributed by atoms with Gasteiger partial charge < -0.3 is 0 Å². The molecule has 2 amide bonds. The summed E-state index contributed by atoms with van der Waals surface area (Å²) in [6, 6.07) is 5.09. The molecule has 6 nitrogen and oxygen atoms in total. The summed E-state index contributed by atoms with van der Waals surface area (Å²) >= 11 is 13.3. The van der Waals surface area contributed by atoms with Crippen LogP contribution in [0.2, 0.25) is 10.0 Å². The summed E-state index contributed by atoms with van der Waals surface area (Å²) in [5, 5.41) is 1.51. The number of hydrogen-bond donors (Lipinski definition) is 2. The molecule has 1 aliphatic rings. The molecule has 2 N–H and O–H groups in total. The summed E-state index contributed by atoms with van der Waals surface area (Å²) in [6.45, 7) is 0. The minimum atomic E-state index is -3.16. The van der Waals surface area contributed by atoms with Gasteiger partial charge >= 0.3 is 0 Å². The van der Waals surface area contributed by atoms with E-state index in [9.17, 15) is 18.0 Å². The van der Waals surface area contributed by atoms with E-state index in [2.05, 4.69) is 10.9 Å². The maximum Gasteiger partial charge on any atom is 0.281 e. The van der Waals surface area contributed by atoms with Crippen molar-refractivity contribution in [3.05, 3.63) is 33.1 Å². The lowest BCUT2D eigenvalue weighted by atomic mass is 10.1. The molecule has 1 aliphatic heterocycles. The highest BCUT2D eigenvalue weighted by atomic mass is 35.5. The van der Waals surface area contributed by atoms with E-state index in [-0.39, 0.29) is 27.8 Å². The first-order valence-electron chi connectivity index (χ1n) is 6.95. The zero-order valence-corrected chi connectivity index (χ0v) is 15.3. The molecule has 1 aromatic heterocycles. The van der Waals surface area contributed by atoms with Gasteiger partial charge in [0.25, 0.3) is 5.91 Å². The summed E-state index contributed by atoms with van der Waals surface area (Å²) < 4.78 is 23.5. The number of carbonyl (C=O) groups is 2. The maximum absolute atomic E-state index is 12.2. The Morgan fingerprint density at radius 1 is 1.21 bits per heavy atom. The lowest BCUT2D eigenvalue weighted by molar-refractivity contribution is -0.125. The summed E-state index contributed by atoms with van der Waals surface area (Å²) in [5.41, 5.74) is 4.54. The summed E-state index contributed by atoms with van der Waals surface area (Å²) in [6.07, 6.45) is 0.256. The number of nitrogens with one attached hydrogen (secondary N) is 2. The molecule has 0 unspecified atom stereocenters. The molecular weight excluding hydrogens is 395 g/mol. The van der Waals surface area contributed by atoms with Crippen molar-refractivity contribution >= 4 is 66.3 Å². The van der Waals surface area contributed by atoms with Crippen LogP contribution in [0, 0.1) is 5.92 Å². The number of rotatable bonds is 2. The third-order valence-electron chi connectivity index (χ3n) is 3.70. The number of amides is 2. The van der Waals surface area contributed by atoms with Crippen molar-refractivity contribution in [1.29, 1.82) is 0 Å². The third-order valence-corrected chi connectivity index (χ3v) is 7.36. The normalized spacial score (nSPS) is 19.3. The minimum Gasteiger partial charge on any atom is -0.273 e. The number of benzene rings is 1.